The Hall–Kier alpha value is -1.26. The SMILES string of the molecule is COc1ccc(C(=O)NCC2CCCO2)c(Cl)c1. The zero-order valence-electron chi connectivity index (χ0n) is 10.2. The van der Waals surface area contributed by atoms with Gasteiger partial charge in [0.05, 0.1) is 23.8 Å². The number of benzene rings is 1. The molecule has 1 aliphatic heterocycles. The summed E-state index contributed by atoms with van der Waals surface area (Å²) in [7, 11) is 1.56. The first-order valence-corrected chi connectivity index (χ1v) is 6.32. The third-order valence-electron chi connectivity index (χ3n) is 2.94. The highest BCUT2D eigenvalue weighted by molar-refractivity contribution is 6.34. The molecule has 1 unspecified atom stereocenters. The minimum atomic E-state index is -0.182. The quantitative estimate of drug-likeness (QED) is 0.912. The summed E-state index contributed by atoms with van der Waals surface area (Å²) >= 11 is 6.03. The molecule has 2 rings (SSSR count). The normalized spacial score (nSPS) is 18.7. The summed E-state index contributed by atoms with van der Waals surface area (Å²) in [6, 6.07) is 5.00. The fourth-order valence-corrected chi connectivity index (χ4v) is 2.17. The van der Waals surface area contributed by atoms with Crippen molar-refractivity contribution in [2.45, 2.75) is 18.9 Å². The fourth-order valence-electron chi connectivity index (χ4n) is 1.91. The smallest absolute Gasteiger partial charge is 0.252 e. The van der Waals surface area contributed by atoms with Gasteiger partial charge in [0.2, 0.25) is 0 Å². The van der Waals surface area contributed by atoms with Crippen LogP contribution in [0.4, 0.5) is 0 Å². The molecule has 1 amide bonds. The average Bonchev–Trinajstić information content (AvgIpc) is 2.88. The monoisotopic (exact) mass is 269 g/mol. The lowest BCUT2D eigenvalue weighted by Gasteiger charge is -2.11. The first-order chi connectivity index (χ1) is 8.70. The number of ether oxygens (including phenoxy) is 2. The van der Waals surface area contributed by atoms with E-state index in [1.165, 1.54) is 0 Å². The van der Waals surface area contributed by atoms with Gasteiger partial charge in [-0.25, -0.2) is 0 Å². The number of rotatable bonds is 4. The van der Waals surface area contributed by atoms with Crippen molar-refractivity contribution < 1.29 is 14.3 Å². The molecular formula is C13H16ClNO3. The zero-order valence-corrected chi connectivity index (χ0v) is 11.0. The Labute approximate surface area is 111 Å². The van der Waals surface area contributed by atoms with Gasteiger partial charge in [-0.3, -0.25) is 4.79 Å². The molecule has 1 saturated heterocycles. The standard InChI is InChI=1S/C13H16ClNO3/c1-17-9-4-5-11(12(14)7-9)13(16)15-8-10-3-2-6-18-10/h4-5,7,10H,2-3,6,8H2,1H3,(H,15,16). The van der Waals surface area contributed by atoms with Crippen molar-refractivity contribution in [2.75, 3.05) is 20.3 Å². The molecule has 1 atom stereocenters. The van der Waals surface area contributed by atoms with Crippen molar-refractivity contribution in [3.05, 3.63) is 28.8 Å². The minimum absolute atomic E-state index is 0.131. The number of carbonyl (C=O) groups is 1. The number of hydrogen-bond donors (Lipinski definition) is 1. The molecule has 1 aliphatic rings. The Bertz CT molecular complexity index is 430. The molecule has 98 valence electrons. The van der Waals surface area contributed by atoms with Gasteiger partial charge in [0, 0.05) is 13.2 Å². The predicted molar refractivity (Wildman–Crippen MR) is 69.3 cm³/mol. The van der Waals surface area contributed by atoms with Crippen LogP contribution in [0.5, 0.6) is 5.75 Å². The summed E-state index contributed by atoms with van der Waals surface area (Å²) in [5, 5.41) is 3.22. The second kappa shape index (κ2) is 6.07. The van der Waals surface area contributed by atoms with Crippen molar-refractivity contribution >= 4 is 17.5 Å². The molecule has 0 aliphatic carbocycles. The van der Waals surface area contributed by atoms with Gasteiger partial charge in [0.25, 0.3) is 5.91 Å². The van der Waals surface area contributed by atoms with Crippen LogP contribution in [0.2, 0.25) is 5.02 Å². The van der Waals surface area contributed by atoms with Crippen LogP contribution in [0.15, 0.2) is 18.2 Å². The Morgan fingerprint density at radius 1 is 1.61 bits per heavy atom. The number of nitrogens with one attached hydrogen (secondary N) is 1. The van der Waals surface area contributed by atoms with Crippen molar-refractivity contribution in [3.8, 4) is 5.75 Å². The topological polar surface area (TPSA) is 47.6 Å². The van der Waals surface area contributed by atoms with Gasteiger partial charge in [0.15, 0.2) is 0 Å². The number of methoxy groups -OCH3 is 1. The van der Waals surface area contributed by atoms with Crippen molar-refractivity contribution in [1.82, 2.24) is 5.32 Å². The first kappa shape index (κ1) is 13.2. The fraction of sp³-hybridized carbons (Fsp3) is 0.462. The molecule has 0 radical (unpaired) electrons. The molecule has 0 saturated carbocycles. The van der Waals surface area contributed by atoms with E-state index in [1.54, 1.807) is 25.3 Å². The molecule has 0 bridgehead atoms. The van der Waals surface area contributed by atoms with E-state index in [9.17, 15) is 4.79 Å². The molecule has 5 heteroatoms. The van der Waals surface area contributed by atoms with E-state index in [0.29, 0.717) is 22.9 Å². The van der Waals surface area contributed by atoms with Gasteiger partial charge >= 0.3 is 0 Å². The number of hydrogen-bond acceptors (Lipinski definition) is 3. The van der Waals surface area contributed by atoms with Crippen LogP contribution in [0.1, 0.15) is 23.2 Å². The second-order valence-electron chi connectivity index (χ2n) is 4.19. The molecule has 0 spiro atoms. The Morgan fingerprint density at radius 3 is 3.06 bits per heavy atom. The summed E-state index contributed by atoms with van der Waals surface area (Å²) in [5.41, 5.74) is 0.454. The van der Waals surface area contributed by atoms with E-state index >= 15 is 0 Å². The van der Waals surface area contributed by atoms with E-state index in [2.05, 4.69) is 5.32 Å². The summed E-state index contributed by atoms with van der Waals surface area (Å²) in [6.07, 6.45) is 2.19. The van der Waals surface area contributed by atoms with E-state index in [4.69, 9.17) is 21.1 Å². The third-order valence-corrected chi connectivity index (χ3v) is 3.25. The Balaban J connectivity index is 1.95. The van der Waals surface area contributed by atoms with Crippen molar-refractivity contribution in [3.63, 3.8) is 0 Å². The third kappa shape index (κ3) is 3.15. The molecule has 1 heterocycles. The molecule has 1 aromatic carbocycles. The van der Waals surface area contributed by atoms with Gasteiger partial charge < -0.3 is 14.8 Å². The Kier molecular flexibility index (Phi) is 4.44. The van der Waals surface area contributed by atoms with E-state index < -0.39 is 0 Å². The molecule has 1 N–H and O–H groups in total. The first-order valence-electron chi connectivity index (χ1n) is 5.94. The van der Waals surface area contributed by atoms with Crippen LogP contribution in [0.3, 0.4) is 0 Å². The second-order valence-corrected chi connectivity index (χ2v) is 4.60. The minimum Gasteiger partial charge on any atom is -0.497 e. The average molecular weight is 270 g/mol. The number of amides is 1. The van der Waals surface area contributed by atoms with Crippen molar-refractivity contribution in [2.24, 2.45) is 0 Å². The molecule has 0 aromatic heterocycles. The summed E-state index contributed by atoms with van der Waals surface area (Å²) in [6.45, 7) is 1.31. The molecular weight excluding hydrogens is 254 g/mol. The summed E-state index contributed by atoms with van der Waals surface area (Å²) in [4.78, 5) is 11.9. The predicted octanol–water partition coefficient (Wildman–Crippen LogP) is 2.26. The van der Waals surface area contributed by atoms with E-state index in [1.807, 2.05) is 0 Å². The van der Waals surface area contributed by atoms with E-state index in [0.717, 1.165) is 19.4 Å². The molecule has 18 heavy (non-hydrogen) atoms. The number of carbonyl (C=O) groups excluding carboxylic acids is 1. The van der Waals surface area contributed by atoms with Crippen LogP contribution in [0.25, 0.3) is 0 Å². The highest BCUT2D eigenvalue weighted by Gasteiger charge is 2.17. The zero-order chi connectivity index (χ0) is 13.0. The summed E-state index contributed by atoms with van der Waals surface area (Å²) < 4.78 is 10.5. The maximum atomic E-state index is 11.9. The number of halogens is 1. The summed E-state index contributed by atoms with van der Waals surface area (Å²) in [5.74, 6) is 0.453. The van der Waals surface area contributed by atoms with Gasteiger partial charge in [-0.1, -0.05) is 11.6 Å². The molecule has 1 aromatic rings. The van der Waals surface area contributed by atoms with Crippen LogP contribution < -0.4 is 10.1 Å². The van der Waals surface area contributed by atoms with Crippen LogP contribution in [-0.4, -0.2) is 32.3 Å². The maximum absolute atomic E-state index is 11.9. The van der Waals surface area contributed by atoms with Gasteiger partial charge in [-0.15, -0.1) is 0 Å². The van der Waals surface area contributed by atoms with Gasteiger partial charge in [0.1, 0.15) is 5.75 Å². The lowest BCUT2D eigenvalue weighted by Crippen LogP contribution is -2.31. The van der Waals surface area contributed by atoms with Crippen LogP contribution in [-0.2, 0) is 4.74 Å². The van der Waals surface area contributed by atoms with Crippen molar-refractivity contribution in [1.29, 1.82) is 0 Å². The largest absolute Gasteiger partial charge is 0.497 e. The highest BCUT2D eigenvalue weighted by Crippen LogP contribution is 2.22. The highest BCUT2D eigenvalue weighted by atomic mass is 35.5. The van der Waals surface area contributed by atoms with Crippen LogP contribution >= 0.6 is 11.6 Å². The molecule has 4 nitrogen and oxygen atoms in total. The maximum Gasteiger partial charge on any atom is 0.252 e. The van der Waals surface area contributed by atoms with Gasteiger partial charge in [-0.2, -0.15) is 0 Å². The van der Waals surface area contributed by atoms with Crippen LogP contribution in [0, 0.1) is 0 Å². The lowest BCUT2D eigenvalue weighted by atomic mass is 10.2. The van der Waals surface area contributed by atoms with Gasteiger partial charge in [-0.05, 0) is 31.0 Å². The van der Waals surface area contributed by atoms with E-state index in [-0.39, 0.29) is 12.0 Å². The Morgan fingerprint density at radius 2 is 2.44 bits per heavy atom. The lowest BCUT2D eigenvalue weighted by molar-refractivity contribution is 0.0858. The molecule has 1 fully saturated rings.